The molecule has 2 heterocycles. The number of nitrogens with one attached hydrogen (secondary N) is 1. The highest BCUT2D eigenvalue weighted by Gasteiger charge is 2.25. The summed E-state index contributed by atoms with van der Waals surface area (Å²) in [6.07, 6.45) is 1.12. The van der Waals surface area contributed by atoms with Crippen molar-refractivity contribution in [2.75, 3.05) is 33.4 Å². The maximum absolute atomic E-state index is 5.62. The second-order valence-corrected chi connectivity index (χ2v) is 7.32. The summed E-state index contributed by atoms with van der Waals surface area (Å²) in [5.74, 6) is 4.09. The molecule has 1 aliphatic rings. The fourth-order valence-corrected chi connectivity index (χ4v) is 3.37. The minimum atomic E-state index is 0. The number of likely N-dealkylation sites (tertiary alicyclic amines) is 1. The molecule has 0 bridgehead atoms. The standard InChI is InChI=1S/C21H32N6O2.HI/c1-5-29-15-18-10-11-27(14-18)21(23-13-20-25-24-16(2)26(20)3)22-12-17-6-8-19(28-4)9-7-17;/h6-9,18H,5,10-15H2,1-4H3,(H,22,23);1H. The molecule has 1 aromatic carbocycles. The molecular weight excluding hydrogens is 495 g/mol. The highest BCUT2D eigenvalue weighted by molar-refractivity contribution is 14.0. The van der Waals surface area contributed by atoms with Gasteiger partial charge in [0.05, 0.1) is 26.8 Å². The van der Waals surface area contributed by atoms with E-state index in [2.05, 4.69) is 20.4 Å². The highest BCUT2D eigenvalue weighted by atomic mass is 127. The van der Waals surface area contributed by atoms with Gasteiger partial charge in [-0.3, -0.25) is 0 Å². The van der Waals surface area contributed by atoms with Crippen molar-refractivity contribution in [2.24, 2.45) is 18.0 Å². The lowest BCUT2D eigenvalue weighted by Crippen LogP contribution is -2.40. The van der Waals surface area contributed by atoms with E-state index >= 15 is 0 Å². The number of aromatic nitrogens is 3. The third-order valence-corrected chi connectivity index (χ3v) is 5.30. The van der Waals surface area contributed by atoms with E-state index in [9.17, 15) is 0 Å². The molecule has 1 aliphatic heterocycles. The van der Waals surface area contributed by atoms with E-state index in [-0.39, 0.29) is 24.0 Å². The van der Waals surface area contributed by atoms with Gasteiger partial charge in [0.25, 0.3) is 0 Å². The fraction of sp³-hybridized carbons (Fsp3) is 0.571. The van der Waals surface area contributed by atoms with Crippen LogP contribution in [0.1, 0.15) is 30.6 Å². The quantitative estimate of drug-likeness (QED) is 0.323. The van der Waals surface area contributed by atoms with Gasteiger partial charge in [0.15, 0.2) is 11.8 Å². The normalized spacial score (nSPS) is 16.5. The SMILES string of the molecule is CCOCC1CCN(C(=NCc2ccc(OC)cc2)NCc2nnc(C)n2C)C1.I. The maximum atomic E-state index is 5.62. The van der Waals surface area contributed by atoms with Crippen molar-refractivity contribution in [3.63, 3.8) is 0 Å². The van der Waals surface area contributed by atoms with Crippen molar-refractivity contribution in [2.45, 2.75) is 33.4 Å². The molecule has 0 amide bonds. The molecule has 0 spiro atoms. The first-order chi connectivity index (χ1) is 14.1. The Hall–Kier alpha value is -1.88. The molecule has 0 aliphatic carbocycles. The molecule has 1 saturated heterocycles. The number of halogens is 1. The number of guanidine groups is 1. The van der Waals surface area contributed by atoms with Crippen LogP contribution in [-0.2, 0) is 24.9 Å². The number of aryl methyl sites for hydroxylation is 1. The monoisotopic (exact) mass is 528 g/mol. The Labute approximate surface area is 196 Å². The first-order valence-corrected chi connectivity index (χ1v) is 10.2. The van der Waals surface area contributed by atoms with Crippen LogP contribution < -0.4 is 10.1 Å². The zero-order valence-corrected chi connectivity index (χ0v) is 20.6. The van der Waals surface area contributed by atoms with Gasteiger partial charge in [0, 0.05) is 32.7 Å². The second kappa shape index (κ2) is 12.1. The number of methoxy groups -OCH3 is 1. The van der Waals surface area contributed by atoms with Crippen LogP contribution in [0.4, 0.5) is 0 Å². The fourth-order valence-electron chi connectivity index (χ4n) is 3.37. The van der Waals surface area contributed by atoms with Crippen LogP contribution in [0.15, 0.2) is 29.3 Å². The topological polar surface area (TPSA) is 76.8 Å². The summed E-state index contributed by atoms with van der Waals surface area (Å²) < 4.78 is 12.9. The van der Waals surface area contributed by atoms with Gasteiger partial charge in [-0.15, -0.1) is 34.2 Å². The van der Waals surface area contributed by atoms with E-state index in [1.807, 2.05) is 49.7 Å². The molecule has 30 heavy (non-hydrogen) atoms. The van der Waals surface area contributed by atoms with E-state index in [4.69, 9.17) is 14.5 Å². The van der Waals surface area contributed by atoms with Gasteiger partial charge in [0.2, 0.25) is 0 Å². The maximum Gasteiger partial charge on any atom is 0.194 e. The van der Waals surface area contributed by atoms with Crippen molar-refractivity contribution < 1.29 is 9.47 Å². The molecule has 0 saturated carbocycles. The van der Waals surface area contributed by atoms with E-state index in [0.717, 1.165) is 61.6 Å². The van der Waals surface area contributed by atoms with Crippen molar-refractivity contribution >= 4 is 29.9 Å². The number of hydrogen-bond donors (Lipinski definition) is 1. The Morgan fingerprint density at radius 1 is 1.27 bits per heavy atom. The van der Waals surface area contributed by atoms with Gasteiger partial charge < -0.3 is 24.3 Å². The van der Waals surface area contributed by atoms with Gasteiger partial charge in [-0.1, -0.05) is 12.1 Å². The van der Waals surface area contributed by atoms with E-state index in [1.165, 1.54) is 0 Å². The number of ether oxygens (including phenoxy) is 2. The Morgan fingerprint density at radius 3 is 2.67 bits per heavy atom. The second-order valence-electron chi connectivity index (χ2n) is 7.32. The third kappa shape index (κ3) is 6.56. The lowest BCUT2D eigenvalue weighted by atomic mass is 10.1. The molecule has 8 nitrogen and oxygen atoms in total. The summed E-state index contributed by atoms with van der Waals surface area (Å²) in [7, 11) is 3.66. The first-order valence-electron chi connectivity index (χ1n) is 10.2. The lowest BCUT2D eigenvalue weighted by Gasteiger charge is -2.22. The van der Waals surface area contributed by atoms with Crippen molar-refractivity contribution in [1.82, 2.24) is 25.0 Å². The molecular formula is C21H33IN6O2. The molecule has 9 heteroatoms. The Kier molecular flexibility index (Phi) is 9.83. The molecule has 1 fully saturated rings. The summed E-state index contributed by atoms with van der Waals surface area (Å²) in [5, 5.41) is 11.9. The molecule has 0 radical (unpaired) electrons. The van der Waals surface area contributed by atoms with Crippen LogP contribution in [-0.4, -0.2) is 59.0 Å². The summed E-state index contributed by atoms with van der Waals surface area (Å²) in [6, 6.07) is 8.03. The van der Waals surface area contributed by atoms with Crippen LogP contribution in [0.25, 0.3) is 0 Å². The van der Waals surface area contributed by atoms with Crippen LogP contribution in [0.2, 0.25) is 0 Å². The Balaban J connectivity index is 0.00000320. The average molecular weight is 528 g/mol. The van der Waals surface area contributed by atoms with Crippen LogP contribution in [0.5, 0.6) is 5.75 Å². The van der Waals surface area contributed by atoms with Crippen LogP contribution in [0.3, 0.4) is 0 Å². The number of benzene rings is 1. The van der Waals surface area contributed by atoms with Gasteiger partial charge in [-0.25, -0.2) is 4.99 Å². The first kappa shape index (κ1) is 24.4. The molecule has 2 aromatic rings. The zero-order chi connectivity index (χ0) is 20.6. The predicted octanol–water partition coefficient (Wildman–Crippen LogP) is 2.75. The Bertz CT molecular complexity index is 808. The average Bonchev–Trinajstić information content (AvgIpc) is 3.34. The van der Waals surface area contributed by atoms with Crippen molar-refractivity contribution in [3.8, 4) is 5.75 Å². The minimum Gasteiger partial charge on any atom is -0.497 e. The van der Waals surface area contributed by atoms with Gasteiger partial charge in [0.1, 0.15) is 11.6 Å². The summed E-state index contributed by atoms with van der Waals surface area (Å²) in [6.45, 7) is 8.69. The zero-order valence-electron chi connectivity index (χ0n) is 18.3. The summed E-state index contributed by atoms with van der Waals surface area (Å²) in [4.78, 5) is 7.21. The van der Waals surface area contributed by atoms with E-state index in [0.29, 0.717) is 19.0 Å². The smallest absolute Gasteiger partial charge is 0.194 e. The molecule has 1 aromatic heterocycles. The largest absolute Gasteiger partial charge is 0.497 e. The minimum absolute atomic E-state index is 0. The predicted molar refractivity (Wildman–Crippen MR) is 128 cm³/mol. The summed E-state index contributed by atoms with van der Waals surface area (Å²) >= 11 is 0. The highest BCUT2D eigenvalue weighted by Crippen LogP contribution is 2.18. The van der Waals surface area contributed by atoms with Gasteiger partial charge in [-0.05, 0) is 38.0 Å². The lowest BCUT2D eigenvalue weighted by molar-refractivity contribution is 0.114. The summed E-state index contributed by atoms with van der Waals surface area (Å²) in [5.41, 5.74) is 1.14. The number of nitrogens with zero attached hydrogens (tertiary/aromatic N) is 5. The third-order valence-electron chi connectivity index (χ3n) is 5.30. The van der Waals surface area contributed by atoms with E-state index < -0.39 is 0 Å². The van der Waals surface area contributed by atoms with Gasteiger partial charge >= 0.3 is 0 Å². The Morgan fingerprint density at radius 2 is 2.03 bits per heavy atom. The molecule has 166 valence electrons. The van der Waals surface area contributed by atoms with Crippen molar-refractivity contribution in [3.05, 3.63) is 41.5 Å². The number of hydrogen-bond acceptors (Lipinski definition) is 5. The van der Waals surface area contributed by atoms with Gasteiger partial charge in [-0.2, -0.15) is 0 Å². The number of aliphatic imine (C=N–C) groups is 1. The van der Waals surface area contributed by atoms with Crippen LogP contribution >= 0.6 is 24.0 Å². The van der Waals surface area contributed by atoms with Crippen LogP contribution in [0, 0.1) is 12.8 Å². The van der Waals surface area contributed by atoms with E-state index in [1.54, 1.807) is 7.11 Å². The molecule has 1 unspecified atom stereocenters. The molecule has 1 atom stereocenters. The number of rotatable bonds is 8. The molecule has 1 N–H and O–H groups in total. The molecule has 3 rings (SSSR count). The van der Waals surface area contributed by atoms with Crippen molar-refractivity contribution in [1.29, 1.82) is 0 Å².